The van der Waals surface area contributed by atoms with Crippen molar-refractivity contribution in [3.05, 3.63) is 78.3 Å². The Labute approximate surface area is 262 Å². The number of rotatable bonds is 6. The first-order valence-corrected chi connectivity index (χ1v) is 16.3. The van der Waals surface area contributed by atoms with Crippen LogP contribution in [0.1, 0.15) is 56.0 Å². The molecule has 0 saturated carbocycles. The van der Waals surface area contributed by atoms with Gasteiger partial charge in [0.2, 0.25) is 11.6 Å². The lowest BCUT2D eigenvalue weighted by Crippen LogP contribution is -2.54. The van der Waals surface area contributed by atoms with Crippen molar-refractivity contribution in [1.82, 2.24) is 39.1 Å². The van der Waals surface area contributed by atoms with Crippen molar-refractivity contribution in [1.29, 1.82) is 0 Å². The Bertz CT molecular complexity index is 1860. The number of hydrogen-bond donors (Lipinski definition) is 0. The van der Waals surface area contributed by atoms with E-state index in [1.54, 1.807) is 12.5 Å². The highest BCUT2D eigenvalue weighted by molar-refractivity contribution is 5.84. The molecule has 8 rings (SSSR count). The summed E-state index contributed by atoms with van der Waals surface area (Å²) in [5.41, 5.74) is 5.20. The second-order valence-electron chi connectivity index (χ2n) is 13.5. The highest BCUT2D eigenvalue weighted by atomic mass is 16.2. The zero-order chi connectivity index (χ0) is 30.6. The van der Waals surface area contributed by atoms with Crippen LogP contribution in [-0.4, -0.2) is 84.3 Å². The first-order valence-electron chi connectivity index (χ1n) is 16.3. The molecule has 1 spiro atoms. The number of pyridine rings is 1. The highest BCUT2D eigenvalue weighted by Gasteiger charge is 2.46. The van der Waals surface area contributed by atoms with E-state index in [1.165, 1.54) is 11.3 Å². The molecule has 0 bridgehead atoms. The van der Waals surface area contributed by atoms with Gasteiger partial charge in [0, 0.05) is 63.5 Å². The lowest BCUT2D eigenvalue weighted by atomic mass is 9.71. The summed E-state index contributed by atoms with van der Waals surface area (Å²) in [6.45, 7) is 9.51. The summed E-state index contributed by atoms with van der Waals surface area (Å²) in [6, 6.07) is 13.1. The molecule has 4 aromatic heterocycles. The number of aromatic nitrogens is 7. The van der Waals surface area contributed by atoms with E-state index in [0.717, 1.165) is 93.3 Å². The van der Waals surface area contributed by atoms with Gasteiger partial charge in [0.1, 0.15) is 6.33 Å². The maximum atomic E-state index is 13.9. The lowest BCUT2D eigenvalue weighted by molar-refractivity contribution is -0.148. The normalized spacial score (nSPS) is 21.9. The third-order valence-electron chi connectivity index (χ3n) is 10.6. The van der Waals surface area contributed by atoms with Crippen LogP contribution in [0.3, 0.4) is 0 Å². The van der Waals surface area contributed by atoms with E-state index < -0.39 is 0 Å². The predicted octanol–water partition coefficient (Wildman–Crippen LogP) is 4.10. The summed E-state index contributed by atoms with van der Waals surface area (Å²) in [5.74, 6) is 1.93. The topological polar surface area (TPSA) is 100 Å². The average Bonchev–Trinajstić information content (AvgIpc) is 3.82. The monoisotopic (exact) mass is 604 g/mol. The zero-order valence-electron chi connectivity index (χ0n) is 26.1. The molecule has 3 aliphatic rings. The second-order valence-corrected chi connectivity index (χ2v) is 13.5. The summed E-state index contributed by atoms with van der Waals surface area (Å²) < 4.78 is 3.83. The van der Waals surface area contributed by atoms with E-state index in [-0.39, 0.29) is 10.8 Å². The number of carbonyl (C=O) groups excluding carboxylic acids is 1. The molecule has 11 nitrogen and oxygen atoms in total. The Morgan fingerprint density at radius 3 is 2.62 bits per heavy atom. The zero-order valence-corrected chi connectivity index (χ0v) is 26.1. The van der Waals surface area contributed by atoms with Crippen molar-refractivity contribution in [2.75, 3.05) is 49.1 Å². The van der Waals surface area contributed by atoms with E-state index in [4.69, 9.17) is 10.1 Å². The fraction of sp³-hybridized carbons (Fsp3) is 0.471. The predicted molar refractivity (Wildman–Crippen MR) is 173 cm³/mol. The summed E-state index contributed by atoms with van der Waals surface area (Å²) in [6.07, 6.45) is 12.9. The summed E-state index contributed by atoms with van der Waals surface area (Å²) in [7, 11) is 0. The SMILES string of the molecule is Cc1cc(N2CCC(C)(c3ccccc3)C2)cn2nc(CCN3CCCC4(CCN(c5nccn6cnnc56)CC4)C3=O)nc12. The number of piperidine rings is 2. The van der Waals surface area contributed by atoms with Crippen LogP contribution in [0, 0.1) is 12.3 Å². The van der Waals surface area contributed by atoms with Crippen molar-refractivity contribution in [3.8, 4) is 0 Å². The lowest BCUT2D eigenvalue weighted by Gasteiger charge is -2.46. The number of nitrogens with zero attached hydrogens (tertiary/aromatic N) is 10. The van der Waals surface area contributed by atoms with Crippen LogP contribution in [0.4, 0.5) is 11.5 Å². The van der Waals surface area contributed by atoms with E-state index in [9.17, 15) is 4.79 Å². The molecule has 232 valence electrons. The molecule has 11 heteroatoms. The maximum Gasteiger partial charge on any atom is 0.228 e. The van der Waals surface area contributed by atoms with E-state index in [0.29, 0.717) is 18.9 Å². The maximum absolute atomic E-state index is 13.9. The molecule has 0 N–H and O–H groups in total. The van der Waals surface area contributed by atoms with Gasteiger partial charge in [-0.25, -0.2) is 14.5 Å². The fourth-order valence-corrected chi connectivity index (χ4v) is 7.89. The van der Waals surface area contributed by atoms with E-state index in [2.05, 4.69) is 86.3 Å². The van der Waals surface area contributed by atoms with Crippen LogP contribution in [0.15, 0.2) is 61.3 Å². The molecular formula is C34H40N10O. The quantitative estimate of drug-likeness (QED) is 0.286. The number of aryl methyl sites for hydroxylation is 1. The molecular weight excluding hydrogens is 564 g/mol. The van der Waals surface area contributed by atoms with Gasteiger partial charge in [-0.1, -0.05) is 37.3 Å². The largest absolute Gasteiger partial charge is 0.369 e. The van der Waals surface area contributed by atoms with Crippen molar-refractivity contribution < 1.29 is 4.79 Å². The van der Waals surface area contributed by atoms with Crippen LogP contribution < -0.4 is 9.80 Å². The molecule has 1 aromatic carbocycles. The van der Waals surface area contributed by atoms with Crippen LogP contribution in [-0.2, 0) is 16.6 Å². The molecule has 3 saturated heterocycles. The molecule has 1 atom stereocenters. The molecule has 5 aromatic rings. The fourth-order valence-electron chi connectivity index (χ4n) is 7.89. The number of carbonyl (C=O) groups is 1. The van der Waals surface area contributed by atoms with Gasteiger partial charge in [0.25, 0.3) is 0 Å². The molecule has 3 aliphatic heterocycles. The van der Waals surface area contributed by atoms with Crippen molar-refractivity contribution in [2.45, 2.75) is 57.8 Å². The minimum absolute atomic E-state index is 0.134. The first kappa shape index (κ1) is 28.0. The number of benzene rings is 1. The van der Waals surface area contributed by atoms with Gasteiger partial charge in [-0.3, -0.25) is 9.20 Å². The van der Waals surface area contributed by atoms with Crippen molar-refractivity contribution in [3.63, 3.8) is 0 Å². The number of hydrogen-bond acceptors (Lipinski definition) is 8. The number of fused-ring (bicyclic) bond motifs is 2. The Morgan fingerprint density at radius 2 is 1.78 bits per heavy atom. The first-order chi connectivity index (χ1) is 21.9. The van der Waals surface area contributed by atoms with Gasteiger partial charge < -0.3 is 14.7 Å². The number of anilines is 2. The summed E-state index contributed by atoms with van der Waals surface area (Å²) in [5, 5.41) is 13.2. The minimum Gasteiger partial charge on any atom is -0.369 e. The Hall–Kier alpha value is -4.54. The average molecular weight is 605 g/mol. The molecule has 1 amide bonds. The minimum atomic E-state index is -0.296. The van der Waals surface area contributed by atoms with E-state index >= 15 is 0 Å². The van der Waals surface area contributed by atoms with Gasteiger partial charge in [-0.15, -0.1) is 10.2 Å². The molecule has 0 aliphatic carbocycles. The van der Waals surface area contributed by atoms with Crippen molar-refractivity contribution in [2.24, 2.45) is 5.41 Å². The molecule has 0 radical (unpaired) electrons. The van der Waals surface area contributed by atoms with Gasteiger partial charge in [0.15, 0.2) is 17.3 Å². The third-order valence-corrected chi connectivity index (χ3v) is 10.6. The van der Waals surface area contributed by atoms with Crippen LogP contribution >= 0.6 is 0 Å². The van der Waals surface area contributed by atoms with E-state index in [1.807, 2.05) is 15.1 Å². The van der Waals surface area contributed by atoms with Crippen LogP contribution in [0.25, 0.3) is 11.3 Å². The van der Waals surface area contributed by atoms with Crippen LogP contribution in [0.5, 0.6) is 0 Å². The van der Waals surface area contributed by atoms with Gasteiger partial charge in [0.05, 0.1) is 17.3 Å². The van der Waals surface area contributed by atoms with Gasteiger partial charge in [-0.05, 0) is 56.2 Å². The number of amides is 1. The van der Waals surface area contributed by atoms with Gasteiger partial charge >= 0.3 is 0 Å². The Kier molecular flexibility index (Phi) is 6.72. The standard InChI is InChI=1S/C34H40N10O/c1-25-21-27(42-17-11-33(2,23-42)26-7-4-3-5-8-26)22-44-29(25)37-28(39-44)9-16-41-15-6-10-34(32(41)45)12-18-40(19-13-34)30-31-38-36-24-43(31)20-14-35-30/h3-5,7-8,14,20-22,24H,6,9-13,15-19,23H2,1-2H3. The molecule has 45 heavy (non-hydrogen) atoms. The van der Waals surface area contributed by atoms with Gasteiger partial charge in [-0.2, -0.15) is 5.10 Å². The third kappa shape index (κ3) is 4.89. The van der Waals surface area contributed by atoms with Crippen molar-refractivity contribution >= 4 is 28.7 Å². The molecule has 7 heterocycles. The smallest absolute Gasteiger partial charge is 0.228 e. The summed E-state index contributed by atoms with van der Waals surface area (Å²) in [4.78, 5) is 30.2. The number of likely N-dealkylation sites (tertiary alicyclic amines) is 1. The second kappa shape index (κ2) is 10.8. The summed E-state index contributed by atoms with van der Waals surface area (Å²) >= 11 is 0. The Balaban J connectivity index is 0.930. The Morgan fingerprint density at radius 1 is 0.956 bits per heavy atom. The molecule has 1 unspecified atom stereocenters. The molecule has 3 fully saturated rings. The highest BCUT2D eigenvalue weighted by Crippen LogP contribution is 2.42. The van der Waals surface area contributed by atoms with Crippen LogP contribution in [0.2, 0.25) is 0 Å².